The SMILES string of the molecule is Cc1ccc(-n2nc(C)cc2C(=O)N2C[C@@H]3C[C@@H]3[C@H]2CNC(=O)c2c(C)nc3sccn23)cc1. The fourth-order valence-electron chi connectivity index (χ4n) is 5.20. The monoisotopic (exact) mass is 474 g/mol. The number of hydrogen-bond acceptors (Lipinski definition) is 5. The summed E-state index contributed by atoms with van der Waals surface area (Å²) >= 11 is 1.51. The van der Waals surface area contributed by atoms with Crippen LogP contribution in [-0.2, 0) is 0 Å². The smallest absolute Gasteiger partial charge is 0.272 e. The van der Waals surface area contributed by atoms with Gasteiger partial charge in [-0.15, -0.1) is 11.3 Å². The Morgan fingerprint density at radius 3 is 2.76 bits per heavy atom. The predicted octanol–water partition coefficient (Wildman–Crippen LogP) is 3.40. The minimum Gasteiger partial charge on any atom is -0.349 e. The maximum absolute atomic E-state index is 13.7. The number of likely N-dealkylation sites (tertiary alicyclic amines) is 1. The summed E-state index contributed by atoms with van der Waals surface area (Å²) in [6, 6.07) is 9.84. The third-order valence-corrected chi connectivity index (χ3v) is 7.77. The quantitative estimate of drug-likeness (QED) is 0.481. The van der Waals surface area contributed by atoms with Gasteiger partial charge in [-0.3, -0.25) is 14.0 Å². The number of benzene rings is 1. The molecule has 4 aromatic rings. The van der Waals surface area contributed by atoms with Crippen LogP contribution in [0.5, 0.6) is 0 Å². The minimum absolute atomic E-state index is 0.0192. The molecule has 0 unspecified atom stereocenters. The zero-order valence-corrected chi connectivity index (χ0v) is 20.2. The fourth-order valence-corrected chi connectivity index (χ4v) is 5.96. The zero-order chi connectivity index (χ0) is 23.6. The lowest BCUT2D eigenvalue weighted by Gasteiger charge is -2.28. The number of carbonyl (C=O) groups excluding carboxylic acids is 2. The van der Waals surface area contributed by atoms with E-state index in [-0.39, 0.29) is 17.9 Å². The predicted molar refractivity (Wildman–Crippen MR) is 130 cm³/mol. The van der Waals surface area contributed by atoms with Gasteiger partial charge in [0.2, 0.25) is 0 Å². The summed E-state index contributed by atoms with van der Waals surface area (Å²) in [5.41, 5.74) is 4.66. The maximum atomic E-state index is 13.7. The van der Waals surface area contributed by atoms with Crippen molar-refractivity contribution in [3.63, 3.8) is 0 Å². The van der Waals surface area contributed by atoms with Gasteiger partial charge in [-0.1, -0.05) is 17.7 Å². The molecule has 4 heterocycles. The Kier molecular flexibility index (Phi) is 4.84. The van der Waals surface area contributed by atoms with Crippen LogP contribution in [-0.4, -0.2) is 55.0 Å². The molecule has 9 heteroatoms. The lowest BCUT2D eigenvalue weighted by Crippen LogP contribution is -2.46. The first-order valence-electron chi connectivity index (χ1n) is 11.6. The van der Waals surface area contributed by atoms with Crippen LogP contribution in [0.15, 0.2) is 41.9 Å². The summed E-state index contributed by atoms with van der Waals surface area (Å²) in [4.78, 5) is 34.0. The largest absolute Gasteiger partial charge is 0.349 e. The van der Waals surface area contributed by atoms with Crippen molar-refractivity contribution in [2.45, 2.75) is 33.2 Å². The van der Waals surface area contributed by atoms with E-state index < -0.39 is 0 Å². The molecular weight excluding hydrogens is 448 g/mol. The van der Waals surface area contributed by atoms with Crippen LogP contribution >= 0.6 is 11.3 Å². The average molecular weight is 475 g/mol. The Morgan fingerprint density at radius 1 is 1.18 bits per heavy atom. The van der Waals surface area contributed by atoms with Gasteiger partial charge in [-0.2, -0.15) is 5.10 Å². The van der Waals surface area contributed by atoms with Gasteiger partial charge in [-0.25, -0.2) is 9.67 Å². The number of nitrogens with zero attached hydrogens (tertiary/aromatic N) is 5. The molecule has 34 heavy (non-hydrogen) atoms. The average Bonchev–Trinajstić information content (AvgIpc) is 3.14. The first-order valence-corrected chi connectivity index (χ1v) is 12.4. The van der Waals surface area contributed by atoms with Crippen molar-refractivity contribution in [3.05, 3.63) is 70.2 Å². The maximum Gasteiger partial charge on any atom is 0.272 e. The minimum atomic E-state index is -0.152. The highest BCUT2D eigenvalue weighted by Crippen LogP contribution is 2.49. The summed E-state index contributed by atoms with van der Waals surface area (Å²) in [6.45, 7) is 6.95. The number of thiazole rings is 1. The van der Waals surface area contributed by atoms with E-state index in [0.717, 1.165) is 34.9 Å². The molecule has 8 nitrogen and oxygen atoms in total. The lowest BCUT2D eigenvalue weighted by atomic mass is 10.1. The number of nitrogens with one attached hydrogen (secondary N) is 1. The Balaban J connectivity index is 1.23. The van der Waals surface area contributed by atoms with Crippen LogP contribution in [0.4, 0.5) is 0 Å². The van der Waals surface area contributed by atoms with Gasteiger partial charge in [0.1, 0.15) is 11.4 Å². The van der Waals surface area contributed by atoms with E-state index in [9.17, 15) is 9.59 Å². The van der Waals surface area contributed by atoms with Gasteiger partial charge in [0, 0.05) is 24.7 Å². The van der Waals surface area contributed by atoms with E-state index in [1.54, 1.807) is 4.68 Å². The van der Waals surface area contributed by atoms with Crippen LogP contribution in [0.2, 0.25) is 0 Å². The van der Waals surface area contributed by atoms with Gasteiger partial charge in [-0.05, 0) is 57.2 Å². The van der Waals surface area contributed by atoms with Crippen LogP contribution in [0.3, 0.4) is 0 Å². The molecule has 0 radical (unpaired) electrons. The van der Waals surface area contributed by atoms with Crippen LogP contribution in [0.1, 0.15) is 44.3 Å². The van der Waals surface area contributed by atoms with Crippen LogP contribution in [0, 0.1) is 32.6 Å². The zero-order valence-electron chi connectivity index (χ0n) is 19.4. The second kappa shape index (κ2) is 7.80. The molecule has 3 aromatic heterocycles. The normalized spacial score (nSPS) is 21.1. The number of imidazole rings is 1. The van der Waals surface area contributed by atoms with Crippen molar-refractivity contribution in [1.82, 2.24) is 29.4 Å². The van der Waals surface area contributed by atoms with Crippen molar-refractivity contribution in [2.24, 2.45) is 11.8 Å². The number of piperidine rings is 1. The van der Waals surface area contributed by atoms with E-state index >= 15 is 0 Å². The Morgan fingerprint density at radius 2 is 1.97 bits per heavy atom. The second-order valence-corrected chi connectivity index (χ2v) is 10.3. The molecule has 3 atom stereocenters. The standard InChI is InChI=1S/C25H26N6O2S/c1-14-4-6-18(7-5-14)31-20(10-15(2)28-31)24(33)30-13-17-11-19(17)21(30)12-26-23(32)22-16(3)27-25-29(22)8-9-34-25/h4-10,17,19,21H,11-13H2,1-3H3,(H,26,32)/t17-,19-,21+/m0/s1. The summed E-state index contributed by atoms with van der Waals surface area (Å²) in [5, 5.41) is 9.60. The van der Waals surface area contributed by atoms with Crippen molar-refractivity contribution in [2.75, 3.05) is 13.1 Å². The van der Waals surface area contributed by atoms with Crippen molar-refractivity contribution in [3.8, 4) is 5.69 Å². The van der Waals surface area contributed by atoms with E-state index in [2.05, 4.69) is 15.4 Å². The molecule has 1 aliphatic heterocycles. The third kappa shape index (κ3) is 3.42. The number of hydrogen-bond donors (Lipinski definition) is 1. The molecule has 1 aromatic carbocycles. The van der Waals surface area contributed by atoms with Gasteiger partial charge >= 0.3 is 0 Å². The number of aromatic nitrogens is 4. The number of amides is 2. The highest BCUT2D eigenvalue weighted by molar-refractivity contribution is 7.15. The molecule has 1 N–H and O–H groups in total. The molecule has 0 spiro atoms. The van der Waals surface area contributed by atoms with Crippen molar-refractivity contribution < 1.29 is 9.59 Å². The van der Waals surface area contributed by atoms with Gasteiger partial charge < -0.3 is 10.2 Å². The van der Waals surface area contributed by atoms with Crippen LogP contribution in [0.25, 0.3) is 10.6 Å². The number of carbonyl (C=O) groups is 2. The van der Waals surface area contributed by atoms with Crippen molar-refractivity contribution >= 4 is 28.1 Å². The fraction of sp³-hybridized carbons (Fsp3) is 0.360. The highest BCUT2D eigenvalue weighted by Gasteiger charge is 2.54. The molecule has 2 fully saturated rings. The molecule has 0 bridgehead atoms. The van der Waals surface area contributed by atoms with E-state index in [4.69, 9.17) is 0 Å². The molecule has 174 valence electrons. The van der Waals surface area contributed by atoms with Crippen molar-refractivity contribution in [1.29, 1.82) is 0 Å². The highest BCUT2D eigenvalue weighted by atomic mass is 32.1. The third-order valence-electron chi connectivity index (χ3n) is 7.02. The Hall–Kier alpha value is -3.46. The molecule has 2 amide bonds. The van der Waals surface area contributed by atoms with Gasteiger partial charge in [0.25, 0.3) is 11.8 Å². The Bertz CT molecular complexity index is 1420. The summed E-state index contributed by atoms with van der Waals surface area (Å²) < 4.78 is 3.56. The molecule has 1 saturated heterocycles. The van der Waals surface area contributed by atoms with E-state index in [0.29, 0.717) is 35.5 Å². The van der Waals surface area contributed by atoms with Gasteiger partial charge in [0.15, 0.2) is 4.96 Å². The second-order valence-electron chi connectivity index (χ2n) is 9.41. The summed E-state index contributed by atoms with van der Waals surface area (Å²) in [7, 11) is 0. The first-order chi connectivity index (χ1) is 16.4. The molecule has 6 rings (SSSR count). The number of aryl methyl sites for hydroxylation is 3. The molecule has 1 aliphatic carbocycles. The Labute approximate surface area is 201 Å². The molecule has 2 aliphatic rings. The molecule has 1 saturated carbocycles. The summed E-state index contributed by atoms with van der Waals surface area (Å²) in [5.74, 6) is 0.769. The van der Waals surface area contributed by atoms with Crippen LogP contribution < -0.4 is 5.32 Å². The first kappa shape index (κ1) is 21.1. The van der Waals surface area contributed by atoms with Gasteiger partial charge in [0.05, 0.1) is 23.1 Å². The van der Waals surface area contributed by atoms with E-state index in [1.165, 1.54) is 11.3 Å². The summed E-state index contributed by atoms with van der Waals surface area (Å²) in [6.07, 6.45) is 2.98. The topological polar surface area (TPSA) is 84.5 Å². The van der Waals surface area contributed by atoms with E-state index in [1.807, 2.05) is 72.0 Å². The lowest BCUT2D eigenvalue weighted by molar-refractivity contribution is 0.0685. The molecular formula is C25H26N6O2S. The number of rotatable bonds is 5. The number of fused-ring (bicyclic) bond motifs is 2.